The SMILES string of the molecule is CC1CC(C)CC(OCC(C)(CO)NC2CC2)C1. The second-order valence-corrected chi connectivity index (χ2v) is 6.99. The molecule has 2 fully saturated rings. The lowest BCUT2D eigenvalue weighted by atomic mass is 9.82. The third-order valence-electron chi connectivity index (χ3n) is 4.25. The van der Waals surface area contributed by atoms with E-state index in [9.17, 15) is 5.11 Å². The van der Waals surface area contributed by atoms with E-state index in [1.807, 2.05) is 0 Å². The van der Waals surface area contributed by atoms with Crippen molar-refractivity contribution >= 4 is 0 Å². The predicted molar refractivity (Wildman–Crippen MR) is 73.6 cm³/mol. The van der Waals surface area contributed by atoms with Gasteiger partial charge in [0.1, 0.15) is 0 Å². The van der Waals surface area contributed by atoms with E-state index in [4.69, 9.17) is 4.74 Å². The average molecular weight is 255 g/mol. The first kappa shape index (κ1) is 14.3. The summed E-state index contributed by atoms with van der Waals surface area (Å²) in [7, 11) is 0. The number of hydrogen-bond acceptors (Lipinski definition) is 3. The molecule has 3 heteroatoms. The summed E-state index contributed by atoms with van der Waals surface area (Å²) in [5, 5.41) is 13.1. The largest absolute Gasteiger partial charge is 0.394 e. The van der Waals surface area contributed by atoms with Crippen LogP contribution in [0.3, 0.4) is 0 Å². The van der Waals surface area contributed by atoms with Crippen molar-refractivity contribution < 1.29 is 9.84 Å². The van der Waals surface area contributed by atoms with Gasteiger partial charge in [0.15, 0.2) is 0 Å². The first-order chi connectivity index (χ1) is 8.50. The molecular weight excluding hydrogens is 226 g/mol. The van der Waals surface area contributed by atoms with E-state index < -0.39 is 0 Å². The standard InChI is InChI=1S/C15H29NO2/c1-11-6-12(2)8-14(7-11)18-10-15(3,9-17)16-13-4-5-13/h11-14,16-17H,4-10H2,1-3H3. The molecule has 0 aliphatic heterocycles. The second-order valence-electron chi connectivity index (χ2n) is 6.99. The third kappa shape index (κ3) is 4.22. The van der Waals surface area contributed by atoms with Gasteiger partial charge in [-0.3, -0.25) is 0 Å². The Hall–Kier alpha value is -0.120. The molecule has 0 spiro atoms. The van der Waals surface area contributed by atoms with Crippen molar-refractivity contribution in [3.63, 3.8) is 0 Å². The number of aliphatic hydroxyl groups is 1. The quantitative estimate of drug-likeness (QED) is 0.765. The van der Waals surface area contributed by atoms with Gasteiger partial charge in [0.25, 0.3) is 0 Å². The molecule has 3 nitrogen and oxygen atoms in total. The van der Waals surface area contributed by atoms with Gasteiger partial charge in [-0.25, -0.2) is 0 Å². The molecular formula is C15H29NO2. The molecule has 0 heterocycles. The van der Waals surface area contributed by atoms with E-state index in [0.717, 1.165) is 11.8 Å². The van der Waals surface area contributed by atoms with Crippen molar-refractivity contribution in [3.8, 4) is 0 Å². The molecule has 0 saturated heterocycles. The van der Waals surface area contributed by atoms with Gasteiger partial charge in [-0.1, -0.05) is 13.8 Å². The molecule has 0 amide bonds. The molecule has 0 radical (unpaired) electrons. The summed E-state index contributed by atoms with van der Waals surface area (Å²) in [4.78, 5) is 0. The molecule has 2 aliphatic rings. The van der Waals surface area contributed by atoms with E-state index >= 15 is 0 Å². The summed E-state index contributed by atoms with van der Waals surface area (Å²) < 4.78 is 6.09. The van der Waals surface area contributed by atoms with Crippen molar-refractivity contribution in [3.05, 3.63) is 0 Å². The van der Waals surface area contributed by atoms with Crippen LogP contribution in [0.5, 0.6) is 0 Å². The van der Waals surface area contributed by atoms with Crippen molar-refractivity contribution in [1.29, 1.82) is 0 Å². The molecule has 0 aromatic rings. The van der Waals surface area contributed by atoms with Gasteiger partial charge in [0.2, 0.25) is 0 Å². The highest BCUT2D eigenvalue weighted by Crippen LogP contribution is 2.31. The zero-order chi connectivity index (χ0) is 13.2. The topological polar surface area (TPSA) is 41.5 Å². The number of rotatable bonds is 6. The highest BCUT2D eigenvalue weighted by atomic mass is 16.5. The normalized spacial score (nSPS) is 36.3. The maximum Gasteiger partial charge on any atom is 0.0671 e. The third-order valence-corrected chi connectivity index (χ3v) is 4.25. The number of nitrogens with one attached hydrogen (secondary N) is 1. The fourth-order valence-corrected chi connectivity index (χ4v) is 3.16. The van der Waals surface area contributed by atoms with E-state index in [-0.39, 0.29) is 12.1 Å². The van der Waals surface area contributed by atoms with Crippen molar-refractivity contribution in [2.45, 2.75) is 70.6 Å². The molecule has 3 unspecified atom stereocenters. The summed E-state index contributed by atoms with van der Waals surface area (Å²) in [5.41, 5.74) is -0.259. The highest BCUT2D eigenvalue weighted by Gasteiger charge is 2.33. The van der Waals surface area contributed by atoms with Gasteiger partial charge < -0.3 is 15.2 Å². The Labute approximate surface area is 111 Å². The number of ether oxygens (including phenoxy) is 1. The van der Waals surface area contributed by atoms with Crippen LogP contribution in [0.2, 0.25) is 0 Å². The maximum atomic E-state index is 9.55. The molecule has 2 aliphatic carbocycles. The Morgan fingerprint density at radius 3 is 2.28 bits per heavy atom. The Balaban J connectivity index is 1.77. The lowest BCUT2D eigenvalue weighted by molar-refractivity contribution is -0.0369. The van der Waals surface area contributed by atoms with Crippen LogP contribution in [0, 0.1) is 11.8 Å². The minimum atomic E-state index is -0.259. The van der Waals surface area contributed by atoms with E-state index in [2.05, 4.69) is 26.1 Å². The smallest absolute Gasteiger partial charge is 0.0671 e. The summed E-state index contributed by atoms with van der Waals surface area (Å²) in [6.07, 6.45) is 6.55. The summed E-state index contributed by atoms with van der Waals surface area (Å²) in [6.45, 7) is 7.49. The van der Waals surface area contributed by atoms with E-state index in [1.54, 1.807) is 0 Å². The predicted octanol–water partition coefficient (Wildman–Crippen LogP) is 2.33. The number of hydrogen-bond donors (Lipinski definition) is 2. The lowest BCUT2D eigenvalue weighted by Gasteiger charge is -2.35. The molecule has 2 N–H and O–H groups in total. The fourth-order valence-electron chi connectivity index (χ4n) is 3.16. The van der Waals surface area contributed by atoms with Crippen molar-refractivity contribution in [1.82, 2.24) is 5.32 Å². The zero-order valence-corrected chi connectivity index (χ0v) is 12.1. The minimum Gasteiger partial charge on any atom is -0.394 e. The Morgan fingerprint density at radius 1 is 1.17 bits per heavy atom. The van der Waals surface area contributed by atoms with Gasteiger partial charge in [0, 0.05) is 6.04 Å². The molecule has 0 bridgehead atoms. The Bertz CT molecular complexity index is 257. The highest BCUT2D eigenvalue weighted by molar-refractivity contribution is 4.92. The molecule has 0 aromatic carbocycles. The molecule has 3 atom stereocenters. The second kappa shape index (κ2) is 5.89. The van der Waals surface area contributed by atoms with Gasteiger partial charge in [-0.2, -0.15) is 0 Å². The first-order valence-corrected chi connectivity index (χ1v) is 7.51. The maximum absolute atomic E-state index is 9.55. The molecule has 106 valence electrons. The summed E-state index contributed by atoms with van der Waals surface area (Å²) in [6, 6.07) is 0.606. The van der Waals surface area contributed by atoms with E-state index in [1.165, 1.54) is 32.1 Å². The van der Waals surface area contributed by atoms with Crippen LogP contribution in [-0.4, -0.2) is 36.0 Å². The molecule has 2 rings (SSSR count). The van der Waals surface area contributed by atoms with Gasteiger partial charge in [-0.05, 0) is 50.9 Å². The van der Waals surface area contributed by atoms with Crippen LogP contribution < -0.4 is 5.32 Å². The molecule has 18 heavy (non-hydrogen) atoms. The first-order valence-electron chi connectivity index (χ1n) is 7.51. The fraction of sp³-hybridized carbons (Fsp3) is 1.00. The van der Waals surface area contributed by atoms with Gasteiger partial charge in [-0.15, -0.1) is 0 Å². The van der Waals surface area contributed by atoms with Crippen LogP contribution in [0.25, 0.3) is 0 Å². The van der Waals surface area contributed by atoms with Crippen LogP contribution in [-0.2, 0) is 4.74 Å². The van der Waals surface area contributed by atoms with Crippen molar-refractivity contribution in [2.24, 2.45) is 11.8 Å². The van der Waals surface area contributed by atoms with E-state index in [0.29, 0.717) is 18.8 Å². The van der Waals surface area contributed by atoms with Crippen LogP contribution in [0.4, 0.5) is 0 Å². The minimum absolute atomic E-state index is 0.154. The van der Waals surface area contributed by atoms with Crippen LogP contribution >= 0.6 is 0 Å². The lowest BCUT2D eigenvalue weighted by Crippen LogP contribution is -2.51. The summed E-state index contributed by atoms with van der Waals surface area (Å²) >= 11 is 0. The average Bonchev–Trinajstić information content (AvgIpc) is 3.09. The summed E-state index contributed by atoms with van der Waals surface area (Å²) in [5.74, 6) is 1.55. The Kier molecular flexibility index (Phi) is 4.68. The molecule has 0 aromatic heterocycles. The molecule has 2 saturated carbocycles. The van der Waals surface area contributed by atoms with Crippen LogP contribution in [0.15, 0.2) is 0 Å². The van der Waals surface area contributed by atoms with Gasteiger partial charge >= 0.3 is 0 Å². The van der Waals surface area contributed by atoms with Crippen LogP contribution in [0.1, 0.15) is 52.9 Å². The zero-order valence-electron chi connectivity index (χ0n) is 12.1. The monoisotopic (exact) mass is 255 g/mol. The number of aliphatic hydroxyl groups excluding tert-OH is 1. The van der Waals surface area contributed by atoms with Crippen molar-refractivity contribution in [2.75, 3.05) is 13.2 Å². The Morgan fingerprint density at radius 2 is 1.78 bits per heavy atom. The van der Waals surface area contributed by atoms with Gasteiger partial charge in [0.05, 0.1) is 24.9 Å².